The van der Waals surface area contributed by atoms with E-state index in [9.17, 15) is 5.11 Å². The van der Waals surface area contributed by atoms with Gasteiger partial charge in [-0.05, 0) is 36.8 Å². The van der Waals surface area contributed by atoms with Crippen LogP contribution in [0.3, 0.4) is 0 Å². The van der Waals surface area contributed by atoms with Crippen molar-refractivity contribution in [3.05, 3.63) is 35.4 Å². The van der Waals surface area contributed by atoms with Gasteiger partial charge in [0.05, 0.1) is 0 Å². The van der Waals surface area contributed by atoms with Crippen LogP contribution in [-0.2, 0) is 6.54 Å². The van der Waals surface area contributed by atoms with E-state index in [1.807, 2.05) is 0 Å². The van der Waals surface area contributed by atoms with Crippen LogP contribution in [0.1, 0.15) is 31.4 Å². The number of aliphatic hydroxyl groups is 1. The maximum Gasteiger partial charge on any atom is 0.0465 e. The molecular formula is C16H25NO. The second kappa shape index (κ2) is 5.41. The molecule has 1 fully saturated rings. The Balaban J connectivity index is 1.97. The van der Waals surface area contributed by atoms with Crippen LogP contribution in [0.4, 0.5) is 0 Å². The Hall–Kier alpha value is -0.860. The third-order valence-corrected chi connectivity index (χ3v) is 4.28. The summed E-state index contributed by atoms with van der Waals surface area (Å²) in [5.74, 6) is 0.451. The van der Waals surface area contributed by atoms with Crippen LogP contribution >= 0.6 is 0 Å². The Labute approximate surface area is 111 Å². The van der Waals surface area contributed by atoms with Gasteiger partial charge in [0.25, 0.3) is 0 Å². The SMILES string of the molecule is Cc1ccc(CN2CCC(CO)C(C)(C)C2)cc1. The predicted molar refractivity (Wildman–Crippen MR) is 75.4 cm³/mol. The van der Waals surface area contributed by atoms with Gasteiger partial charge < -0.3 is 5.11 Å². The summed E-state index contributed by atoms with van der Waals surface area (Å²) in [6.45, 7) is 10.2. The first kappa shape index (κ1) is 13.6. The van der Waals surface area contributed by atoms with Gasteiger partial charge in [0.15, 0.2) is 0 Å². The lowest BCUT2D eigenvalue weighted by Gasteiger charge is -2.43. The Bertz CT molecular complexity index is 383. The van der Waals surface area contributed by atoms with Crippen molar-refractivity contribution < 1.29 is 5.11 Å². The number of benzene rings is 1. The highest BCUT2D eigenvalue weighted by Crippen LogP contribution is 2.34. The molecule has 0 spiro atoms. The summed E-state index contributed by atoms with van der Waals surface area (Å²) in [5, 5.41) is 9.41. The molecule has 0 radical (unpaired) electrons. The number of nitrogens with zero attached hydrogens (tertiary/aromatic N) is 1. The summed E-state index contributed by atoms with van der Waals surface area (Å²) in [5.41, 5.74) is 2.93. The van der Waals surface area contributed by atoms with Crippen molar-refractivity contribution in [3.8, 4) is 0 Å². The van der Waals surface area contributed by atoms with Gasteiger partial charge in [-0.15, -0.1) is 0 Å². The molecule has 1 saturated heterocycles. The molecule has 0 aromatic heterocycles. The topological polar surface area (TPSA) is 23.5 Å². The fourth-order valence-electron chi connectivity index (χ4n) is 2.94. The molecule has 1 aromatic carbocycles. The Kier molecular flexibility index (Phi) is 4.08. The summed E-state index contributed by atoms with van der Waals surface area (Å²) in [4.78, 5) is 2.51. The zero-order valence-electron chi connectivity index (χ0n) is 11.8. The maximum absolute atomic E-state index is 9.41. The summed E-state index contributed by atoms with van der Waals surface area (Å²) in [6, 6.07) is 8.81. The summed E-state index contributed by atoms with van der Waals surface area (Å²) in [6.07, 6.45) is 1.11. The first-order chi connectivity index (χ1) is 8.51. The summed E-state index contributed by atoms with van der Waals surface area (Å²) in [7, 11) is 0. The normalized spacial score (nSPS) is 24.1. The lowest BCUT2D eigenvalue weighted by molar-refractivity contribution is 0.0178. The van der Waals surface area contributed by atoms with Gasteiger partial charge in [-0.1, -0.05) is 43.7 Å². The van der Waals surface area contributed by atoms with Crippen molar-refractivity contribution in [3.63, 3.8) is 0 Å². The fourth-order valence-corrected chi connectivity index (χ4v) is 2.94. The highest BCUT2D eigenvalue weighted by atomic mass is 16.3. The van der Waals surface area contributed by atoms with Gasteiger partial charge in [0.2, 0.25) is 0 Å². The average molecular weight is 247 g/mol. The lowest BCUT2D eigenvalue weighted by Crippen LogP contribution is -2.46. The van der Waals surface area contributed by atoms with Crippen LogP contribution in [-0.4, -0.2) is 29.7 Å². The Morgan fingerprint density at radius 1 is 1.28 bits per heavy atom. The minimum absolute atomic E-state index is 0.220. The van der Waals surface area contributed by atoms with Crippen LogP contribution in [0.2, 0.25) is 0 Å². The second-order valence-electron chi connectivity index (χ2n) is 6.35. The van der Waals surface area contributed by atoms with E-state index in [4.69, 9.17) is 0 Å². The molecule has 1 atom stereocenters. The smallest absolute Gasteiger partial charge is 0.0465 e. The summed E-state index contributed by atoms with van der Waals surface area (Å²) >= 11 is 0. The quantitative estimate of drug-likeness (QED) is 0.888. The fraction of sp³-hybridized carbons (Fsp3) is 0.625. The molecule has 1 aliphatic rings. The lowest BCUT2D eigenvalue weighted by atomic mass is 9.74. The van der Waals surface area contributed by atoms with E-state index in [0.29, 0.717) is 12.5 Å². The third-order valence-electron chi connectivity index (χ3n) is 4.28. The van der Waals surface area contributed by atoms with Crippen LogP contribution in [0, 0.1) is 18.3 Å². The van der Waals surface area contributed by atoms with Crippen LogP contribution < -0.4 is 0 Å². The van der Waals surface area contributed by atoms with E-state index in [2.05, 4.69) is 49.9 Å². The van der Waals surface area contributed by atoms with Crippen LogP contribution in [0.5, 0.6) is 0 Å². The van der Waals surface area contributed by atoms with E-state index < -0.39 is 0 Å². The predicted octanol–water partition coefficient (Wildman–Crippen LogP) is 2.84. The molecule has 0 aliphatic carbocycles. The maximum atomic E-state index is 9.41. The molecule has 0 bridgehead atoms. The van der Waals surface area contributed by atoms with Crippen molar-refractivity contribution >= 4 is 0 Å². The van der Waals surface area contributed by atoms with E-state index in [0.717, 1.165) is 26.1 Å². The average Bonchev–Trinajstić information content (AvgIpc) is 2.31. The molecule has 1 aliphatic heterocycles. The molecule has 1 aromatic rings. The zero-order chi connectivity index (χ0) is 13.2. The third kappa shape index (κ3) is 3.12. The molecular weight excluding hydrogens is 222 g/mol. The van der Waals surface area contributed by atoms with Crippen molar-refractivity contribution in [1.82, 2.24) is 4.90 Å². The van der Waals surface area contributed by atoms with Gasteiger partial charge in [-0.3, -0.25) is 4.90 Å². The van der Waals surface area contributed by atoms with E-state index in [-0.39, 0.29) is 5.41 Å². The first-order valence-electron chi connectivity index (χ1n) is 6.90. The van der Waals surface area contributed by atoms with E-state index in [1.54, 1.807) is 0 Å². The van der Waals surface area contributed by atoms with Gasteiger partial charge in [0.1, 0.15) is 0 Å². The molecule has 2 nitrogen and oxygen atoms in total. The van der Waals surface area contributed by atoms with Crippen LogP contribution in [0.15, 0.2) is 24.3 Å². The van der Waals surface area contributed by atoms with E-state index >= 15 is 0 Å². The van der Waals surface area contributed by atoms with Gasteiger partial charge in [0, 0.05) is 19.7 Å². The minimum Gasteiger partial charge on any atom is -0.396 e. The van der Waals surface area contributed by atoms with Crippen molar-refractivity contribution in [2.75, 3.05) is 19.7 Å². The molecule has 1 N–H and O–H groups in total. The van der Waals surface area contributed by atoms with Crippen molar-refractivity contribution in [2.24, 2.45) is 11.3 Å². The number of rotatable bonds is 3. The molecule has 18 heavy (non-hydrogen) atoms. The van der Waals surface area contributed by atoms with Crippen LogP contribution in [0.25, 0.3) is 0 Å². The van der Waals surface area contributed by atoms with E-state index in [1.165, 1.54) is 11.1 Å². The van der Waals surface area contributed by atoms with Gasteiger partial charge in [-0.2, -0.15) is 0 Å². The number of hydrogen-bond acceptors (Lipinski definition) is 2. The number of aliphatic hydroxyl groups excluding tert-OH is 1. The van der Waals surface area contributed by atoms with Crippen molar-refractivity contribution in [1.29, 1.82) is 0 Å². The molecule has 2 rings (SSSR count). The molecule has 0 saturated carbocycles. The number of aryl methyl sites for hydroxylation is 1. The highest BCUT2D eigenvalue weighted by molar-refractivity contribution is 5.21. The highest BCUT2D eigenvalue weighted by Gasteiger charge is 2.35. The second-order valence-corrected chi connectivity index (χ2v) is 6.35. The molecule has 0 amide bonds. The molecule has 1 heterocycles. The van der Waals surface area contributed by atoms with Gasteiger partial charge >= 0.3 is 0 Å². The molecule has 2 heteroatoms. The first-order valence-corrected chi connectivity index (χ1v) is 6.90. The summed E-state index contributed by atoms with van der Waals surface area (Å²) < 4.78 is 0. The number of hydrogen-bond donors (Lipinski definition) is 1. The number of piperidine rings is 1. The standard InChI is InChI=1S/C16H25NO/c1-13-4-6-14(7-5-13)10-17-9-8-15(11-18)16(2,3)12-17/h4-7,15,18H,8-12H2,1-3H3. The molecule has 100 valence electrons. The van der Waals surface area contributed by atoms with Gasteiger partial charge in [-0.25, -0.2) is 0 Å². The Morgan fingerprint density at radius 2 is 1.94 bits per heavy atom. The largest absolute Gasteiger partial charge is 0.396 e. The number of likely N-dealkylation sites (tertiary alicyclic amines) is 1. The Morgan fingerprint density at radius 3 is 2.50 bits per heavy atom. The van der Waals surface area contributed by atoms with Crippen molar-refractivity contribution in [2.45, 2.75) is 33.7 Å². The zero-order valence-corrected chi connectivity index (χ0v) is 11.8. The molecule has 1 unspecified atom stereocenters. The minimum atomic E-state index is 0.220. The monoisotopic (exact) mass is 247 g/mol.